The molecule has 0 bridgehead atoms. The predicted octanol–water partition coefficient (Wildman–Crippen LogP) is 0.687. The Hall–Kier alpha value is -2.31. The maximum Gasteiger partial charge on any atom is 0.275 e. The van der Waals surface area contributed by atoms with Crippen molar-refractivity contribution in [3.63, 3.8) is 0 Å². The molecule has 0 saturated carbocycles. The number of nitrogens with zero attached hydrogens (tertiary/aromatic N) is 2. The molecular formula is C13H15N5O. The van der Waals surface area contributed by atoms with Crippen LogP contribution in [0.5, 0.6) is 0 Å². The summed E-state index contributed by atoms with van der Waals surface area (Å²) in [5.41, 5.74) is 13.1. The number of carbonyl (C=O) groups excluding carboxylic acids is 1. The van der Waals surface area contributed by atoms with Gasteiger partial charge in [-0.2, -0.15) is 0 Å². The lowest BCUT2D eigenvalue weighted by Crippen LogP contribution is -2.21. The van der Waals surface area contributed by atoms with Crippen LogP contribution in [0.15, 0.2) is 42.9 Å². The number of hydrogen-bond donors (Lipinski definition) is 3. The summed E-state index contributed by atoms with van der Waals surface area (Å²) < 4.78 is 0. The van der Waals surface area contributed by atoms with Gasteiger partial charge in [-0.25, -0.2) is 4.98 Å². The van der Waals surface area contributed by atoms with Gasteiger partial charge in [0.25, 0.3) is 5.91 Å². The highest BCUT2D eigenvalue weighted by molar-refractivity contribution is 6.02. The van der Waals surface area contributed by atoms with E-state index in [9.17, 15) is 4.79 Å². The fourth-order valence-electron chi connectivity index (χ4n) is 1.59. The highest BCUT2D eigenvalue weighted by Gasteiger charge is 2.09. The molecular weight excluding hydrogens is 242 g/mol. The van der Waals surface area contributed by atoms with E-state index in [0.717, 1.165) is 5.56 Å². The molecule has 0 aliphatic heterocycles. The molecule has 6 heteroatoms. The normalized spacial score (nSPS) is 11.9. The third-order valence-corrected chi connectivity index (χ3v) is 2.62. The van der Waals surface area contributed by atoms with Gasteiger partial charge < -0.3 is 16.8 Å². The average molecular weight is 257 g/mol. The van der Waals surface area contributed by atoms with E-state index in [4.69, 9.17) is 11.5 Å². The van der Waals surface area contributed by atoms with Gasteiger partial charge in [0.15, 0.2) is 0 Å². The first kappa shape index (κ1) is 13.1. The van der Waals surface area contributed by atoms with Crippen molar-refractivity contribution in [3.05, 3.63) is 54.1 Å². The van der Waals surface area contributed by atoms with Crippen LogP contribution in [0.4, 0.5) is 5.69 Å². The molecule has 2 aromatic rings. The van der Waals surface area contributed by atoms with Crippen molar-refractivity contribution in [2.45, 2.75) is 6.04 Å². The molecule has 1 amide bonds. The predicted molar refractivity (Wildman–Crippen MR) is 72.4 cm³/mol. The van der Waals surface area contributed by atoms with Gasteiger partial charge in [0.2, 0.25) is 0 Å². The van der Waals surface area contributed by atoms with E-state index >= 15 is 0 Å². The van der Waals surface area contributed by atoms with Gasteiger partial charge in [0.1, 0.15) is 5.69 Å². The molecule has 1 aromatic carbocycles. The second kappa shape index (κ2) is 6.03. The van der Waals surface area contributed by atoms with Crippen LogP contribution in [0, 0.1) is 0 Å². The Bertz CT molecular complexity index is 558. The van der Waals surface area contributed by atoms with Crippen molar-refractivity contribution in [1.29, 1.82) is 0 Å². The van der Waals surface area contributed by atoms with E-state index in [0.29, 0.717) is 12.2 Å². The van der Waals surface area contributed by atoms with Crippen molar-refractivity contribution in [2.75, 3.05) is 11.9 Å². The van der Waals surface area contributed by atoms with Gasteiger partial charge in [0.05, 0.1) is 6.20 Å². The third kappa shape index (κ3) is 3.34. The summed E-state index contributed by atoms with van der Waals surface area (Å²) >= 11 is 0. The zero-order valence-corrected chi connectivity index (χ0v) is 10.3. The Morgan fingerprint density at radius 3 is 2.89 bits per heavy atom. The lowest BCUT2D eigenvalue weighted by molar-refractivity contribution is 0.102. The van der Waals surface area contributed by atoms with Crippen molar-refractivity contribution >= 4 is 11.6 Å². The van der Waals surface area contributed by atoms with Gasteiger partial charge in [-0.3, -0.25) is 9.78 Å². The van der Waals surface area contributed by atoms with Crippen molar-refractivity contribution in [3.8, 4) is 0 Å². The van der Waals surface area contributed by atoms with E-state index in [2.05, 4.69) is 15.3 Å². The van der Waals surface area contributed by atoms with E-state index < -0.39 is 0 Å². The first-order valence-corrected chi connectivity index (χ1v) is 5.83. The summed E-state index contributed by atoms with van der Waals surface area (Å²) in [7, 11) is 0. The number of aromatic nitrogens is 2. The van der Waals surface area contributed by atoms with E-state index in [1.807, 2.05) is 12.1 Å². The third-order valence-electron chi connectivity index (χ3n) is 2.62. The van der Waals surface area contributed by atoms with Gasteiger partial charge in [-0.15, -0.1) is 0 Å². The minimum absolute atomic E-state index is 0.242. The number of amides is 1. The number of benzene rings is 1. The fraction of sp³-hybridized carbons (Fsp3) is 0.154. The maximum atomic E-state index is 11.9. The molecule has 2 rings (SSSR count). The Morgan fingerprint density at radius 1 is 1.37 bits per heavy atom. The number of nitrogens with one attached hydrogen (secondary N) is 1. The zero-order valence-electron chi connectivity index (χ0n) is 10.3. The lowest BCUT2D eigenvalue weighted by atomic mass is 10.1. The zero-order chi connectivity index (χ0) is 13.7. The molecule has 0 spiro atoms. The summed E-state index contributed by atoms with van der Waals surface area (Å²) in [4.78, 5) is 19.7. The van der Waals surface area contributed by atoms with Crippen LogP contribution < -0.4 is 16.8 Å². The minimum Gasteiger partial charge on any atom is -0.329 e. The number of hydrogen-bond acceptors (Lipinski definition) is 5. The van der Waals surface area contributed by atoms with Crippen molar-refractivity contribution in [1.82, 2.24) is 9.97 Å². The van der Waals surface area contributed by atoms with Crippen LogP contribution in [0.3, 0.4) is 0 Å². The summed E-state index contributed by atoms with van der Waals surface area (Å²) in [6, 6.07) is 7.02. The van der Waals surface area contributed by atoms with Crippen LogP contribution in [-0.4, -0.2) is 22.4 Å². The van der Waals surface area contributed by atoms with E-state index in [1.54, 1.807) is 12.1 Å². The summed E-state index contributed by atoms with van der Waals surface area (Å²) in [5.74, 6) is -0.313. The van der Waals surface area contributed by atoms with Gasteiger partial charge in [-0.05, 0) is 17.7 Å². The minimum atomic E-state index is -0.313. The van der Waals surface area contributed by atoms with Crippen LogP contribution in [-0.2, 0) is 0 Å². The standard InChI is InChI=1S/C13H15N5O/c14-7-11(15)9-2-1-3-10(6-9)18-13(19)12-8-16-4-5-17-12/h1-6,8,11H,7,14-15H2,(H,18,19)/t11-/m1/s1. The summed E-state index contributed by atoms with van der Waals surface area (Å²) in [5, 5.41) is 2.74. The molecule has 98 valence electrons. The highest BCUT2D eigenvalue weighted by Crippen LogP contribution is 2.15. The Labute approximate surface area is 110 Å². The number of carbonyl (C=O) groups is 1. The quantitative estimate of drug-likeness (QED) is 0.747. The van der Waals surface area contributed by atoms with E-state index in [-0.39, 0.29) is 17.6 Å². The molecule has 0 radical (unpaired) electrons. The first-order chi connectivity index (χ1) is 9.20. The Morgan fingerprint density at radius 2 is 2.21 bits per heavy atom. The molecule has 0 aliphatic rings. The molecule has 6 nitrogen and oxygen atoms in total. The molecule has 1 heterocycles. The average Bonchev–Trinajstić information content (AvgIpc) is 2.47. The largest absolute Gasteiger partial charge is 0.329 e. The van der Waals surface area contributed by atoms with Crippen molar-refractivity contribution in [2.24, 2.45) is 11.5 Å². The molecule has 5 N–H and O–H groups in total. The van der Waals surface area contributed by atoms with Crippen LogP contribution in [0.1, 0.15) is 22.1 Å². The van der Waals surface area contributed by atoms with E-state index in [1.165, 1.54) is 18.6 Å². The van der Waals surface area contributed by atoms with Crippen LogP contribution in [0.2, 0.25) is 0 Å². The number of rotatable bonds is 4. The lowest BCUT2D eigenvalue weighted by Gasteiger charge is -2.11. The van der Waals surface area contributed by atoms with Crippen LogP contribution in [0.25, 0.3) is 0 Å². The molecule has 19 heavy (non-hydrogen) atoms. The summed E-state index contributed by atoms with van der Waals surface area (Å²) in [6.45, 7) is 0.349. The number of anilines is 1. The molecule has 0 saturated heterocycles. The fourth-order valence-corrected chi connectivity index (χ4v) is 1.59. The molecule has 0 unspecified atom stereocenters. The summed E-state index contributed by atoms with van der Waals surface area (Å²) in [6.07, 6.45) is 4.39. The molecule has 1 aromatic heterocycles. The van der Waals surface area contributed by atoms with Gasteiger partial charge >= 0.3 is 0 Å². The Balaban J connectivity index is 2.13. The molecule has 1 atom stereocenters. The van der Waals surface area contributed by atoms with Crippen molar-refractivity contribution < 1.29 is 4.79 Å². The van der Waals surface area contributed by atoms with Gasteiger partial charge in [0, 0.05) is 30.7 Å². The smallest absolute Gasteiger partial charge is 0.275 e. The molecule has 0 fully saturated rings. The highest BCUT2D eigenvalue weighted by atomic mass is 16.1. The monoisotopic (exact) mass is 257 g/mol. The molecule has 0 aliphatic carbocycles. The maximum absolute atomic E-state index is 11.9. The second-order valence-electron chi connectivity index (χ2n) is 4.01. The van der Waals surface area contributed by atoms with Gasteiger partial charge in [-0.1, -0.05) is 12.1 Å². The first-order valence-electron chi connectivity index (χ1n) is 5.83. The SMILES string of the molecule is NC[C@@H](N)c1cccc(NC(=O)c2cnccn2)c1. The topological polar surface area (TPSA) is 107 Å². The number of nitrogens with two attached hydrogens (primary N) is 2. The van der Waals surface area contributed by atoms with Crippen LogP contribution >= 0.6 is 0 Å². The second-order valence-corrected chi connectivity index (χ2v) is 4.01. The Kier molecular flexibility index (Phi) is 4.17.